The summed E-state index contributed by atoms with van der Waals surface area (Å²) in [5, 5.41) is 14.5. The van der Waals surface area contributed by atoms with Crippen LogP contribution in [0.4, 0.5) is 10.5 Å². The molecule has 0 saturated carbocycles. The summed E-state index contributed by atoms with van der Waals surface area (Å²) < 4.78 is 0. The number of carboxylic acids is 1. The summed E-state index contributed by atoms with van der Waals surface area (Å²) >= 11 is 6.01. The van der Waals surface area contributed by atoms with Gasteiger partial charge in [-0.3, -0.25) is 4.79 Å². The fourth-order valence-electron chi connectivity index (χ4n) is 1.73. The fourth-order valence-corrected chi connectivity index (χ4v) is 2.02. The molecule has 0 aliphatic rings. The highest BCUT2D eigenvalue weighted by atomic mass is 35.5. The van der Waals surface area contributed by atoms with Crippen LogP contribution in [0.3, 0.4) is 0 Å². The van der Waals surface area contributed by atoms with Crippen LogP contribution in [0.5, 0.6) is 0 Å². The summed E-state index contributed by atoms with van der Waals surface area (Å²) in [6.45, 7) is 4.12. The molecule has 1 atom stereocenters. The van der Waals surface area contributed by atoms with Gasteiger partial charge in [-0.25, -0.2) is 4.79 Å². The molecule has 0 bridgehead atoms. The smallest absolute Gasteiger partial charge is 0.319 e. The monoisotopic (exact) mass is 298 g/mol. The van der Waals surface area contributed by atoms with E-state index in [1.54, 1.807) is 12.1 Å². The summed E-state index contributed by atoms with van der Waals surface area (Å²) in [5.74, 6) is -0.938. The first-order chi connectivity index (χ1) is 9.42. The van der Waals surface area contributed by atoms with Gasteiger partial charge in [0.25, 0.3) is 0 Å². The van der Waals surface area contributed by atoms with Crippen molar-refractivity contribution in [1.82, 2.24) is 5.32 Å². The number of hydrogen-bond donors (Lipinski definition) is 3. The van der Waals surface area contributed by atoms with Crippen molar-refractivity contribution in [3.63, 3.8) is 0 Å². The number of urea groups is 1. The van der Waals surface area contributed by atoms with Gasteiger partial charge in [0.1, 0.15) is 0 Å². The number of benzene rings is 1. The Hall–Kier alpha value is -1.75. The highest BCUT2D eigenvalue weighted by Crippen LogP contribution is 2.22. The summed E-state index contributed by atoms with van der Waals surface area (Å²) in [6, 6.07) is 4.95. The Morgan fingerprint density at radius 3 is 2.65 bits per heavy atom. The number of aryl methyl sites for hydroxylation is 1. The van der Waals surface area contributed by atoms with E-state index in [1.807, 2.05) is 19.9 Å². The van der Waals surface area contributed by atoms with Crippen LogP contribution in [0.15, 0.2) is 18.2 Å². The van der Waals surface area contributed by atoms with E-state index in [-0.39, 0.29) is 18.4 Å². The number of carboxylic acid groups (broad SMARTS) is 1. The molecule has 0 radical (unpaired) electrons. The lowest BCUT2D eigenvalue weighted by atomic mass is 10.0. The maximum Gasteiger partial charge on any atom is 0.319 e. The zero-order valence-electron chi connectivity index (χ0n) is 11.6. The van der Waals surface area contributed by atoms with E-state index in [2.05, 4.69) is 10.6 Å². The molecular weight excluding hydrogens is 280 g/mol. The van der Waals surface area contributed by atoms with E-state index < -0.39 is 5.97 Å². The summed E-state index contributed by atoms with van der Waals surface area (Å²) in [4.78, 5) is 22.4. The molecule has 1 unspecified atom stereocenters. The minimum atomic E-state index is -0.861. The van der Waals surface area contributed by atoms with Crippen molar-refractivity contribution in [1.29, 1.82) is 0 Å². The third-order valence-electron chi connectivity index (χ3n) is 2.96. The molecule has 1 aromatic rings. The van der Waals surface area contributed by atoms with Gasteiger partial charge < -0.3 is 15.7 Å². The normalized spacial score (nSPS) is 11.8. The average Bonchev–Trinajstić information content (AvgIpc) is 2.37. The minimum Gasteiger partial charge on any atom is -0.481 e. The Labute approximate surface area is 123 Å². The Morgan fingerprint density at radius 2 is 2.10 bits per heavy atom. The number of aliphatic carboxylic acids is 1. The van der Waals surface area contributed by atoms with Crippen molar-refractivity contribution in [3.05, 3.63) is 28.8 Å². The van der Waals surface area contributed by atoms with Gasteiger partial charge >= 0.3 is 12.0 Å². The first-order valence-corrected chi connectivity index (χ1v) is 6.83. The summed E-state index contributed by atoms with van der Waals surface area (Å²) in [5.41, 5.74) is 1.54. The highest BCUT2D eigenvalue weighted by Gasteiger charge is 2.13. The van der Waals surface area contributed by atoms with Crippen molar-refractivity contribution < 1.29 is 14.7 Å². The maximum absolute atomic E-state index is 11.7. The van der Waals surface area contributed by atoms with Gasteiger partial charge in [-0.2, -0.15) is 0 Å². The SMILES string of the molecule is CCC(CNC(=O)Nc1ccc(C)cc1Cl)CC(=O)O. The van der Waals surface area contributed by atoms with Crippen molar-refractivity contribution in [2.75, 3.05) is 11.9 Å². The largest absolute Gasteiger partial charge is 0.481 e. The molecule has 2 amide bonds. The number of nitrogens with one attached hydrogen (secondary N) is 2. The average molecular weight is 299 g/mol. The van der Waals surface area contributed by atoms with Gasteiger partial charge in [0, 0.05) is 13.0 Å². The van der Waals surface area contributed by atoms with Crippen molar-refractivity contribution in [3.8, 4) is 0 Å². The molecule has 5 nitrogen and oxygen atoms in total. The Bertz CT molecular complexity index is 491. The first kappa shape index (κ1) is 16.3. The Balaban J connectivity index is 2.49. The molecule has 20 heavy (non-hydrogen) atoms. The number of hydrogen-bond acceptors (Lipinski definition) is 2. The highest BCUT2D eigenvalue weighted by molar-refractivity contribution is 6.33. The van der Waals surface area contributed by atoms with E-state index in [0.717, 1.165) is 5.56 Å². The van der Waals surface area contributed by atoms with Crippen LogP contribution in [-0.4, -0.2) is 23.7 Å². The number of carbonyl (C=O) groups excluding carboxylic acids is 1. The molecule has 1 rings (SSSR count). The molecule has 0 saturated heterocycles. The maximum atomic E-state index is 11.7. The Morgan fingerprint density at radius 1 is 1.40 bits per heavy atom. The van der Waals surface area contributed by atoms with Crippen LogP contribution in [0, 0.1) is 12.8 Å². The molecule has 110 valence electrons. The summed E-state index contributed by atoms with van der Waals surface area (Å²) in [7, 11) is 0. The van der Waals surface area contributed by atoms with E-state index >= 15 is 0 Å². The second kappa shape index (κ2) is 7.75. The van der Waals surface area contributed by atoms with Crippen molar-refractivity contribution >= 4 is 29.3 Å². The lowest BCUT2D eigenvalue weighted by molar-refractivity contribution is -0.138. The molecular formula is C14H19ClN2O3. The molecule has 1 aromatic carbocycles. The zero-order valence-corrected chi connectivity index (χ0v) is 12.3. The summed E-state index contributed by atoms with van der Waals surface area (Å²) in [6.07, 6.45) is 0.736. The third-order valence-corrected chi connectivity index (χ3v) is 3.28. The topological polar surface area (TPSA) is 78.4 Å². The van der Waals surface area contributed by atoms with E-state index in [4.69, 9.17) is 16.7 Å². The van der Waals surface area contributed by atoms with Gasteiger partial charge in [0.05, 0.1) is 10.7 Å². The molecule has 3 N–H and O–H groups in total. The van der Waals surface area contributed by atoms with Crippen molar-refractivity contribution in [2.24, 2.45) is 5.92 Å². The number of amides is 2. The van der Waals surface area contributed by atoms with Gasteiger partial charge in [0.2, 0.25) is 0 Å². The van der Waals surface area contributed by atoms with Crippen LogP contribution >= 0.6 is 11.6 Å². The molecule has 0 spiro atoms. The van der Waals surface area contributed by atoms with Crippen LogP contribution < -0.4 is 10.6 Å². The second-order valence-electron chi connectivity index (χ2n) is 4.69. The van der Waals surface area contributed by atoms with Crippen LogP contribution in [-0.2, 0) is 4.79 Å². The quantitative estimate of drug-likeness (QED) is 0.754. The first-order valence-electron chi connectivity index (χ1n) is 6.45. The van der Waals surface area contributed by atoms with Crippen LogP contribution in [0.25, 0.3) is 0 Å². The van der Waals surface area contributed by atoms with Crippen LogP contribution in [0.2, 0.25) is 5.02 Å². The third kappa shape index (κ3) is 5.48. The number of halogens is 1. The van der Waals surface area contributed by atoms with Gasteiger partial charge in [-0.15, -0.1) is 0 Å². The number of anilines is 1. The minimum absolute atomic E-state index is 0.0437. The van der Waals surface area contributed by atoms with Gasteiger partial charge in [-0.05, 0) is 30.5 Å². The molecule has 0 fully saturated rings. The predicted octanol–water partition coefficient (Wildman–Crippen LogP) is 3.27. The number of carbonyl (C=O) groups is 2. The van der Waals surface area contributed by atoms with E-state index in [9.17, 15) is 9.59 Å². The van der Waals surface area contributed by atoms with E-state index in [1.165, 1.54) is 0 Å². The molecule has 0 heterocycles. The molecule has 0 aromatic heterocycles. The van der Waals surface area contributed by atoms with E-state index in [0.29, 0.717) is 23.7 Å². The lowest BCUT2D eigenvalue weighted by Gasteiger charge is -2.14. The van der Waals surface area contributed by atoms with Gasteiger partial charge in [0.15, 0.2) is 0 Å². The van der Waals surface area contributed by atoms with Crippen molar-refractivity contribution in [2.45, 2.75) is 26.7 Å². The molecule has 0 aliphatic heterocycles. The Kier molecular flexibility index (Phi) is 6.31. The molecule has 0 aliphatic carbocycles. The standard InChI is InChI=1S/C14H19ClN2O3/c1-3-10(7-13(18)19)8-16-14(20)17-12-5-4-9(2)6-11(12)15/h4-6,10H,3,7-8H2,1-2H3,(H,18,19)(H2,16,17,20). The zero-order chi connectivity index (χ0) is 15.1. The fraction of sp³-hybridized carbons (Fsp3) is 0.429. The number of rotatable bonds is 6. The predicted molar refractivity (Wildman–Crippen MR) is 79.2 cm³/mol. The molecule has 6 heteroatoms. The lowest BCUT2D eigenvalue weighted by Crippen LogP contribution is -2.33. The van der Waals surface area contributed by atoms with Crippen LogP contribution in [0.1, 0.15) is 25.3 Å². The second-order valence-corrected chi connectivity index (χ2v) is 5.10. The van der Waals surface area contributed by atoms with Gasteiger partial charge in [-0.1, -0.05) is 31.0 Å².